The van der Waals surface area contributed by atoms with Gasteiger partial charge in [0.2, 0.25) is 0 Å². The zero-order valence-corrected chi connectivity index (χ0v) is 11.5. The van der Waals surface area contributed by atoms with E-state index < -0.39 is 24.1 Å². The predicted molar refractivity (Wildman–Crippen MR) is 73.0 cm³/mol. The highest BCUT2D eigenvalue weighted by atomic mass is 16.5. The first-order valence-electron chi connectivity index (χ1n) is 5.98. The Morgan fingerprint density at radius 1 is 1.35 bits per heavy atom. The van der Waals surface area contributed by atoms with Crippen molar-refractivity contribution in [3.8, 4) is 5.75 Å². The van der Waals surface area contributed by atoms with Gasteiger partial charge in [-0.15, -0.1) is 0 Å². The molecule has 0 spiro atoms. The number of benzene rings is 1. The summed E-state index contributed by atoms with van der Waals surface area (Å²) in [5.41, 5.74) is 1.29. The molecule has 0 aliphatic carbocycles. The summed E-state index contributed by atoms with van der Waals surface area (Å²) < 4.78 is 5.04. The van der Waals surface area contributed by atoms with E-state index in [4.69, 9.17) is 9.84 Å². The van der Waals surface area contributed by atoms with Crippen LogP contribution < -0.4 is 15.4 Å². The number of aliphatic hydroxyl groups is 1. The van der Waals surface area contributed by atoms with E-state index in [2.05, 4.69) is 10.6 Å². The van der Waals surface area contributed by atoms with Crippen LogP contribution in [0, 0.1) is 6.92 Å². The number of amides is 2. The van der Waals surface area contributed by atoms with Gasteiger partial charge in [0.25, 0.3) is 0 Å². The molecule has 0 aliphatic rings. The number of hydrogen-bond acceptors (Lipinski definition) is 4. The van der Waals surface area contributed by atoms with Crippen LogP contribution in [0.3, 0.4) is 0 Å². The van der Waals surface area contributed by atoms with Crippen molar-refractivity contribution in [1.29, 1.82) is 0 Å². The fourth-order valence-electron chi connectivity index (χ4n) is 1.59. The van der Waals surface area contributed by atoms with Gasteiger partial charge >= 0.3 is 12.0 Å². The Morgan fingerprint density at radius 3 is 2.45 bits per heavy atom. The van der Waals surface area contributed by atoms with Gasteiger partial charge in [0, 0.05) is 5.69 Å². The van der Waals surface area contributed by atoms with Crippen LogP contribution in [0.5, 0.6) is 5.75 Å². The Kier molecular flexibility index (Phi) is 5.33. The Morgan fingerprint density at radius 2 is 2.00 bits per heavy atom. The van der Waals surface area contributed by atoms with Crippen LogP contribution in [-0.2, 0) is 4.79 Å². The molecule has 4 N–H and O–H groups in total. The number of aliphatic carboxylic acids is 1. The van der Waals surface area contributed by atoms with E-state index in [1.807, 2.05) is 0 Å². The highest BCUT2D eigenvalue weighted by Crippen LogP contribution is 2.20. The lowest BCUT2D eigenvalue weighted by Gasteiger charge is -2.18. The topological polar surface area (TPSA) is 108 Å². The van der Waals surface area contributed by atoms with Crippen LogP contribution in [0.2, 0.25) is 0 Å². The van der Waals surface area contributed by atoms with Crippen molar-refractivity contribution in [2.45, 2.75) is 26.0 Å². The number of anilines is 1. The first-order chi connectivity index (χ1) is 9.35. The second-order valence-electron chi connectivity index (χ2n) is 4.34. The number of rotatable bonds is 5. The van der Waals surface area contributed by atoms with E-state index in [-0.39, 0.29) is 0 Å². The fourth-order valence-corrected chi connectivity index (χ4v) is 1.59. The maximum absolute atomic E-state index is 11.7. The zero-order chi connectivity index (χ0) is 15.3. The van der Waals surface area contributed by atoms with Crippen molar-refractivity contribution in [1.82, 2.24) is 5.32 Å². The number of carboxylic acid groups (broad SMARTS) is 1. The molecule has 0 fully saturated rings. The van der Waals surface area contributed by atoms with E-state index in [0.717, 1.165) is 5.56 Å². The Labute approximate surface area is 116 Å². The molecule has 0 aromatic heterocycles. The van der Waals surface area contributed by atoms with E-state index in [1.54, 1.807) is 25.1 Å². The summed E-state index contributed by atoms with van der Waals surface area (Å²) in [7, 11) is 1.54. The number of carbonyl (C=O) groups is 2. The van der Waals surface area contributed by atoms with Gasteiger partial charge in [-0.05, 0) is 37.6 Å². The molecular formula is C13H18N2O5. The second kappa shape index (κ2) is 6.76. The third-order valence-electron chi connectivity index (χ3n) is 2.72. The van der Waals surface area contributed by atoms with Crippen molar-refractivity contribution in [2.75, 3.05) is 12.4 Å². The summed E-state index contributed by atoms with van der Waals surface area (Å²) >= 11 is 0. The molecule has 0 saturated carbocycles. The number of aryl methyl sites for hydroxylation is 1. The molecule has 1 aromatic carbocycles. The van der Waals surface area contributed by atoms with Gasteiger partial charge in [-0.3, -0.25) is 0 Å². The number of hydrogen-bond donors (Lipinski definition) is 4. The molecule has 7 heteroatoms. The molecular weight excluding hydrogens is 264 g/mol. The summed E-state index contributed by atoms with van der Waals surface area (Å²) in [6, 6.07) is 2.98. The van der Waals surface area contributed by atoms with Crippen LogP contribution in [0.4, 0.5) is 10.5 Å². The van der Waals surface area contributed by atoms with Gasteiger partial charge in [0.15, 0.2) is 6.04 Å². The lowest BCUT2D eigenvalue weighted by Crippen LogP contribution is -2.49. The van der Waals surface area contributed by atoms with Crippen molar-refractivity contribution in [2.24, 2.45) is 0 Å². The minimum atomic E-state index is -1.37. The molecule has 0 radical (unpaired) electrons. The standard InChI is InChI=1S/C13H18N2O5/c1-7-6-9(20-3)4-5-10(7)14-13(19)15-11(8(2)16)12(17)18/h4-6,8,11,16H,1-3H3,(H,17,18)(H2,14,15,19)/t8-,11+/m1/s1. The van der Waals surface area contributed by atoms with Gasteiger partial charge in [-0.25, -0.2) is 9.59 Å². The van der Waals surface area contributed by atoms with Crippen LogP contribution in [-0.4, -0.2) is 41.5 Å². The fraction of sp³-hybridized carbons (Fsp3) is 0.385. The quantitative estimate of drug-likeness (QED) is 0.643. The summed E-state index contributed by atoms with van der Waals surface area (Å²) in [5.74, 6) is -0.651. The predicted octanol–water partition coefficient (Wildman–Crippen LogP) is 0.959. The van der Waals surface area contributed by atoms with E-state index in [1.165, 1.54) is 14.0 Å². The normalized spacial score (nSPS) is 13.2. The van der Waals surface area contributed by atoms with Crippen LogP contribution in [0.25, 0.3) is 0 Å². The van der Waals surface area contributed by atoms with Crippen molar-refractivity contribution in [3.63, 3.8) is 0 Å². The van der Waals surface area contributed by atoms with Gasteiger partial charge in [-0.2, -0.15) is 0 Å². The van der Waals surface area contributed by atoms with E-state index in [9.17, 15) is 14.7 Å². The second-order valence-corrected chi connectivity index (χ2v) is 4.34. The lowest BCUT2D eigenvalue weighted by molar-refractivity contribution is -0.141. The SMILES string of the molecule is COc1ccc(NC(=O)N[C@H](C(=O)O)[C@@H](C)O)c(C)c1. The molecule has 0 saturated heterocycles. The molecule has 0 heterocycles. The summed E-state index contributed by atoms with van der Waals surface area (Å²) in [5, 5.41) is 22.9. The van der Waals surface area contributed by atoms with E-state index >= 15 is 0 Å². The number of carboxylic acids is 1. The molecule has 0 aliphatic heterocycles. The first kappa shape index (κ1) is 15.8. The number of urea groups is 1. The van der Waals surface area contributed by atoms with Gasteiger partial charge in [-0.1, -0.05) is 0 Å². The third-order valence-corrected chi connectivity index (χ3v) is 2.72. The molecule has 20 heavy (non-hydrogen) atoms. The smallest absolute Gasteiger partial charge is 0.328 e. The first-order valence-corrected chi connectivity index (χ1v) is 5.98. The van der Waals surface area contributed by atoms with Gasteiger partial charge in [0.1, 0.15) is 5.75 Å². The summed E-state index contributed by atoms with van der Waals surface area (Å²) in [6.07, 6.45) is -1.20. The molecule has 7 nitrogen and oxygen atoms in total. The number of methoxy groups -OCH3 is 1. The largest absolute Gasteiger partial charge is 0.497 e. The Balaban J connectivity index is 2.73. The molecule has 2 atom stereocenters. The molecule has 1 aromatic rings. The average molecular weight is 282 g/mol. The molecule has 2 amide bonds. The molecule has 0 bridgehead atoms. The average Bonchev–Trinajstić information content (AvgIpc) is 2.37. The minimum absolute atomic E-state index is 0.526. The molecule has 1 rings (SSSR count). The van der Waals surface area contributed by atoms with Crippen LogP contribution in [0.15, 0.2) is 18.2 Å². The molecule has 110 valence electrons. The Hall–Kier alpha value is -2.28. The molecule has 0 unspecified atom stereocenters. The van der Waals surface area contributed by atoms with Crippen LogP contribution in [0.1, 0.15) is 12.5 Å². The zero-order valence-electron chi connectivity index (χ0n) is 11.5. The summed E-state index contributed by atoms with van der Waals surface area (Å²) in [6.45, 7) is 3.07. The number of carbonyl (C=O) groups excluding carboxylic acids is 1. The highest BCUT2D eigenvalue weighted by Gasteiger charge is 2.25. The third kappa shape index (κ3) is 4.13. The van der Waals surface area contributed by atoms with Crippen molar-refractivity contribution < 1.29 is 24.5 Å². The minimum Gasteiger partial charge on any atom is -0.497 e. The van der Waals surface area contributed by atoms with Crippen LogP contribution >= 0.6 is 0 Å². The van der Waals surface area contributed by atoms with E-state index in [0.29, 0.717) is 11.4 Å². The maximum atomic E-state index is 11.7. The summed E-state index contributed by atoms with van der Waals surface area (Å²) in [4.78, 5) is 22.6. The monoisotopic (exact) mass is 282 g/mol. The Bertz CT molecular complexity index is 502. The van der Waals surface area contributed by atoms with Gasteiger partial charge in [0.05, 0.1) is 13.2 Å². The number of ether oxygens (including phenoxy) is 1. The highest BCUT2D eigenvalue weighted by molar-refractivity contribution is 5.93. The van der Waals surface area contributed by atoms with Crippen molar-refractivity contribution >= 4 is 17.7 Å². The number of aliphatic hydroxyl groups excluding tert-OH is 1. The van der Waals surface area contributed by atoms with Gasteiger partial charge < -0.3 is 25.6 Å². The maximum Gasteiger partial charge on any atom is 0.328 e. The number of nitrogens with one attached hydrogen (secondary N) is 2. The lowest BCUT2D eigenvalue weighted by atomic mass is 10.2. The van der Waals surface area contributed by atoms with Crippen molar-refractivity contribution in [3.05, 3.63) is 23.8 Å².